The maximum Gasteiger partial charge on any atom is 0.119 e. The number of nitrogen functional groups attached to an aromatic ring is 2. The van der Waals surface area contributed by atoms with Gasteiger partial charge in [-0.05, 0) is 0 Å². The molecule has 0 saturated carbocycles. The topological polar surface area (TPSA) is 97.4 Å². The first-order valence-electron chi connectivity index (χ1n) is 5.48. The highest BCUT2D eigenvalue weighted by Crippen LogP contribution is 2.39. The van der Waals surface area contributed by atoms with Crippen LogP contribution in [-0.2, 0) is 7.05 Å². The van der Waals surface area contributed by atoms with E-state index >= 15 is 0 Å². The molecule has 1 heterocycles. The van der Waals surface area contributed by atoms with Crippen LogP contribution < -0.4 is 11.5 Å². The van der Waals surface area contributed by atoms with Crippen molar-refractivity contribution in [2.24, 2.45) is 7.05 Å². The number of anilines is 2. The lowest BCUT2D eigenvalue weighted by Crippen LogP contribution is -1.88. The highest BCUT2D eigenvalue weighted by Gasteiger charge is 2.15. The first-order chi connectivity index (χ1) is 8.49. The van der Waals surface area contributed by atoms with Crippen LogP contribution in [0.4, 0.5) is 11.4 Å². The molecule has 0 unspecified atom stereocenters. The zero-order chi connectivity index (χ0) is 13.0. The second-order valence-corrected chi connectivity index (χ2v) is 4.42. The molecular formula is C13H13N3O2. The fraction of sp³-hybridized carbons (Fsp3) is 0.0769. The molecule has 92 valence electrons. The van der Waals surface area contributed by atoms with E-state index in [0.29, 0.717) is 11.4 Å². The molecule has 0 bridgehead atoms. The number of phenols is 2. The molecule has 1 aromatic heterocycles. The SMILES string of the molecule is Cn1c2cc(O)cc(N)c2c2c(N)cc(O)cc21. The lowest BCUT2D eigenvalue weighted by molar-refractivity contribution is 0.476. The standard InChI is InChI=1S/C13H13N3O2/c1-16-10-4-6(17)2-8(14)12(10)13-9(15)3-7(18)5-11(13)16/h2-5,17-18H,14-15H2,1H3. The first kappa shape index (κ1) is 10.6. The maximum absolute atomic E-state index is 9.61. The fourth-order valence-corrected chi connectivity index (χ4v) is 2.47. The first-order valence-corrected chi connectivity index (χ1v) is 5.48. The third-order valence-corrected chi connectivity index (χ3v) is 3.24. The lowest BCUT2D eigenvalue weighted by atomic mass is 10.1. The highest BCUT2D eigenvalue weighted by molar-refractivity contribution is 6.18. The van der Waals surface area contributed by atoms with Gasteiger partial charge in [0, 0.05) is 53.5 Å². The van der Waals surface area contributed by atoms with Crippen LogP contribution in [0.2, 0.25) is 0 Å². The van der Waals surface area contributed by atoms with Crippen molar-refractivity contribution >= 4 is 33.2 Å². The molecule has 5 heteroatoms. The van der Waals surface area contributed by atoms with E-state index in [4.69, 9.17) is 11.5 Å². The third-order valence-electron chi connectivity index (χ3n) is 3.24. The zero-order valence-electron chi connectivity index (χ0n) is 9.81. The van der Waals surface area contributed by atoms with Gasteiger partial charge in [0.1, 0.15) is 11.5 Å². The quantitative estimate of drug-likeness (QED) is 0.453. The third kappa shape index (κ3) is 1.21. The van der Waals surface area contributed by atoms with Crippen molar-refractivity contribution in [3.05, 3.63) is 24.3 Å². The number of phenolic OH excluding ortho intramolecular Hbond substituents is 2. The number of aryl methyl sites for hydroxylation is 1. The molecule has 0 radical (unpaired) electrons. The van der Waals surface area contributed by atoms with Gasteiger partial charge in [0.2, 0.25) is 0 Å². The average Bonchev–Trinajstić information content (AvgIpc) is 2.54. The van der Waals surface area contributed by atoms with Crippen LogP contribution in [0.5, 0.6) is 11.5 Å². The van der Waals surface area contributed by atoms with Crippen LogP contribution in [0.15, 0.2) is 24.3 Å². The monoisotopic (exact) mass is 243 g/mol. The Kier molecular flexibility index (Phi) is 1.90. The van der Waals surface area contributed by atoms with Crippen LogP contribution in [0.1, 0.15) is 0 Å². The van der Waals surface area contributed by atoms with Crippen molar-refractivity contribution in [3.63, 3.8) is 0 Å². The Morgan fingerprint density at radius 3 is 1.61 bits per heavy atom. The van der Waals surface area contributed by atoms with Gasteiger partial charge in [-0.2, -0.15) is 0 Å². The van der Waals surface area contributed by atoms with Gasteiger partial charge in [0.05, 0.1) is 11.0 Å². The Bertz CT molecular complexity index is 725. The van der Waals surface area contributed by atoms with Crippen LogP contribution in [-0.4, -0.2) is 14.8 Å². The molecule has 0 aliphatic heterocycles. The van der Waals surface area contributed by atoms with Gasteiger partial charge in [-0.25, -0.2) is 0 Å². The summed E-state index contributed by atoms with van der Waals surface area (Å²) in [7, 11) is 1.84. The largest absolute Gasteiger partial charge is 0.508 e. The molecule has 0 amide bonds. The molecule has 6 N–H and O–H groups in total. The maximum atomic E-state index is 9.61. The van der Waals surface area contributed by atoms with E-state index in [1.807, 2.05) is 11.6 Å². The number of nitrogens with two attached hydrogens (primary N) is 2. The van der Waals surface area contributed by atoms with Crippen LogP contribution in [0.3, 0.4) is 0 Å². The number of hydrogen-bond acceptors (Lipinski definition) is 4. The van der Waals surface area contributed by atoms with Crippen molar-refractivity contribution in [2.75, 3.05) is 11.5 Å². The number of nitrogens with zero attached hydrogens (tertiary/aromatic N) is 1. The molecule has 5 nitrogen and oxygen atoms in total. The summed E-state index contributed by atoms with van der Waals surface area (Å²) in [6.45, 7) is 0. The van der Waals surface area contributed by atoms with E-state index < -0.39 is 0 Å². The van der Waals surface area contributed by atoms with E-state index in [9.17, 15) is 10.2 Å². The van der Waals surface area contributed by atoms with Gasteiger partial charge in [0.25, 0.3) is 0 Å². The van der Waals surface area contributed by atoms with Crippen molar-refractivity contribution in [3.8, 4) is 11.5 Å². The Morgan fingerprint density at radius 1 is 0.833 bits per heavy atom. The molecule has 0 fully saturated rings. The number of benzene rings is 2. The van der Waals surface area contributed by atoms with E-state index in [0.717, 1.165) is 21.8 Å². The normalized spacial score (nSPS) is 11.4. The highest BCUT2D eigenvalue weighted by atomic mass is 16.3. The number of aromatic hydroxyl groups is 2. The summed E-state index contributed by atoms with van der Waals surface area (Å²) in [5.41, 5.74) is 14.4. The predicted molar refractivity (Wildman–Crippen MR) is 72.6 cm³/mol. The summed E-state index contributed by atoms with van der Waals surface area (Å²) in [5.74, 6) is 0.211. The van der Waals surface area contributed by atoms with Crippen molar-refractivity contribution in [1.82, 2.24) is 4.57 Å². The molecule has 0 saturated heterocycles. The minimum absolute atomic E-state index is 0.105. The summed E-state index contributed by atoms with van der Waals surface area (Å²) in [5, 5.41) is 20.8. The van der Waals surface area contributed by atoms with E-state index in [1.54, 1.807) is 12.1 Å². The van der Waals surface area contributed by atoms with E-state index in [2.05, 4.69) is 0 Å². The molecule has 0 aliphatic carbocycles. The van der Waals surface area contributed by atoms with Crippen molar-refractivity contribution in [1.29, 1.82) is 0 Å². The minimum atomic E-state index is 0.105. The number of rotatable bonds is 0. The molecule has 3 rings (SSSR count). The van der Waals surface area contributed by atoms with Crippen LogP contribution in [0.25, 0.3) is 21.8 Å². The van der Waals surface area contributed by atoms with E-state index in [1.165, 1.54) is 12.1 Å². The van der Waals surface area contributed by atoms with Crippen molar-refractivity contribution < 1.29 is 10.2 Å². The Balaban J connectivity index is 2.68. The van der Waals surface area contributed by atoms with Gasteiger partial charge in [-0.3, -0.25) is 0 Å². The predicted octanol–water partition coefficient (Wildman–Crippen LogP) is 1.91. The smallest absolute Gasteiger partial charge is 0.119 e. The zero-order valence-corrected chi connectivity index (χ0v) is 9.81. The number of hydrogen-bond donors (Lipinski definition) is 4. The van der Waals surface area contributed by atoms with Gasteiger partial charge < -0.3 is 26.2 Å². The second kappa shape index (κ2) is 3.22. The molecular weight excluding hydrogens is 230 g/mol. The van der Waals surface area contributed by atoms with Gasteiger partial charge in [-0.1, -0.05) is 0 Å². The molecule has 2 aromatic carbocycles. The summed E-state index contributed by atoms with van der Waals surface area (Å²) in [6.07, 6.45) is 0. The molecule has 0 atom stereocenters. The van der Waals surface area contributed by atoms with E-state index in [-0.39, 0.29) is 11.5 Å². The summed E-state index contributed by atoms with van der Waals surface area (Å²) in [4.78, 5) is 0. The van der Waals surface area contributed by atoms with Crippen molar-refractivity contribution in [2.45, 2.75) is 0 Å². The Hall–Kier alpha value is -2.56. The Morgan fingerprint density at radius 2 is 1.22 bits per heavy atom. The lowest BCUT2D eigenvalue weighted by Gasteiger charge is -2.01. The summed E-state index contributed by atoms with van der Waals surface area (Å²) in [6, 6.07) is 6.24. The van der Waals surface area contributed by atoms with Gasteiger partial charge in [-0.15, -0.1) is 0 Å². The molecule has 0 aliphatic rings. The second-order valence-electron chi connectivity index (χ2n) is 4.42. The van der Waals surface area contributed by atoms with Gasteiger partial charge >= 0.3 is 0 Å². The van der Waals surface area contributed by atoms with Crippen LogP contribution in [0, 0.1) is 0 Å². The molecule has 3 aromatic rings. The number of fused-ring (bicyclic) bond motifs is 3. The molecule has 18 heavy (non-hydrogen) atoms. The Labute approximate surface area is 103 Å². The van der Waals surface area contributed by atoms with Crippen LogP contribution >= 0.6 is 0 Å². The number of aromatic nitrogens is 1. The minimum Gasteiger partial charge on any atom is -0.508 e. The summed E-state index contributed by atoms with van der Waals surface area (Å²) < 4.78 is 1.84. The molecule has 0 spiro atoms. The van der Waals surface area contributed by atoms with Gasteiger partial charge in [0.15, 0.2) is 0 Å². The average molecular weight is 243 g/mol. The fourth-order valence-electron chi connectivity index (χ4n) is 2.47. The summed E-state index contributed by atoms with van der Waals surface area (Å²) >= 11 is 0.